The molecule has 0 spiro atoms. The lowest BCUT2D eigenvalue weighted by Crippen LogP contribution is -2.18. The second-order valence-corrected chi connectivity index (χ2v) is 4.70. The van der Waals surface area contributed by atoms with Crippen molar-refractivity contribution in [3.8, 4) is 0 Å². The van der Waals surface area contributed by atoms with Crippen LogP contribution in [0.3, 0.4) is 0 Å². The van der Waals surface area contributed by atoms with E-state index in [0.29, 0.717) is 18.7 Å². The number of hydrogen-bond acceptors (Lipinski definition) is 5. The number of nitro groups is 1. The van der Waals surface area contributed by atoms with Crippen LogP contribution in [0, 0.1) is 10.1 Å². The largest absolute Gasteiger partial charge is 0.305 e. The van der Waals surface area contributed by atoms with Crippen molar-refractivity contribution < 1.29 is 4.92 Å². The van der Waals surface area contributed by atoms with Gasteiger partial charge in [0.25, 0.3) is 5.69 Å². The molecule has 0 saturated carbocycles. The fourth-order valence-electron chi connectivity index (χ4n) is 1.98. The molecule has 0 atom stereocenters. The van der Waals surface area contributed by atoms with Gasteiger partial charge in [-0.2, -0.15) is 5.10 Å². The molecule has 0 bridgehead atoms. The van der Waals surface area contributed by atoms with Gasteiger partial charge < -0.3 is 5.32 Å². The van der Waals surface area contributed by atoms with E-state index >= 15 is 0 Å². The lowest BCUT2D eigenvalue weighted by Gasteiger charge is -2.10. The minimum absolute atomic E-state index is 0.130. The van der Waals surface area contributed by atoms with Crippen molar-refractivity contribution >= 4 is 5.69 Å². The monoisotopic (exact) mass is 275 g/mol. The molecular formula is C13H17N5O2. The van der Waals surface area contributed by atoms with E-state index in [9.17, 15) is 10.1 Å². The highest BCUT2D eigenvalue weighted by Gasteiger charge is 2.12. The molecule has 1 aromatic heterocycles. The van der Waals surface area contributed by atoms with Gasteiger partial charge in [0.1, 0.15) is 12.2 Å². The minimum atomic E-state index is -0.367. The maximum atomic E-state index is 10.9. The van der Waals surface area contributed by atoms with Gasteiger partial charge >= 0.3 is 0 Å². The highest BCUT2D eigenvalue weighted by molar-refractivity contribution is 5.39. The molecule has 0 saturated heterocycles. The van der Waals surface area contributed by atoms with Crippen molar-refractivity contribution in [1.82, 2.24) is 20.1 Å². The Morgan fingerprint density at radius 2 is 2.10 bits per heavy atom. The molecule has 0 aliphatic carbocycles. The van der Waals surface area contributed by atoms with Crippen LogP contribution in [-0.4, -0.2) is 19.7 Å². The number of rotatable bonds is 6. The number of nitro benzene ring substituents is 1. The first kappa shape index (κ1) is 14.1. The van der Waals surface area contributed by atoms with E-state index in [2.05, 4.69) is 15.4 Å². The van der Waals surface area contributed by atoms with Gasteiger partial charge in [0.15, 0.2) is 0 Å². The summed E-state index contributed by atoms with van der Waals surface area (Å²) in [6.07, 6.45) is 1.52. The smallest absolute Gasteiger partial charge is 0.273 e. The summed E-state index contributed by atoms with van der Waals surface area (Å²) in [5.41, 5.74) is 0.790. The summed E-state index contributed by atoms with van der Waals surface area (Å²) >= 11 is 0. The van der Waals surface area contributed by atoms with E-state index in [1.54, 1.807) is 18.2 Å². The van der Waals surface area contributed by atoms with Crippen LogP contribution in [0.5, 0.6) is 0 Å². The number of nitrogens with zero attached hydrogens (tertiary/aromatic N) is 4. The fraction of sp³-hybridized carbons (Fsp3) is 0.385. The third kappa shape index (κ3) is 3.18. The predicted octanol–water partition coefficient (Wildman–Crippen LogP) is 2.06. The van der Waals surface area contributed by atoms with Gasteiger partial charge in [0, 0.05) is 24.2 Å². The van der Waals surface area contributed by atoms with Gasteiger partial charge in [-0.1, -0.05) is 18.2 Å². The molecule has 2 aromatic rings. The first-order valence-corrected chi connectivity index (χ1v) is 6.41. The van der Waals surface area contributed by atoms with Gasteiger partial charge in [0.2, 0.25) is 0 Å². The average Bonchev–Trinajstić information content (AvgIpc) is 2.87. The van der Waals surface area contributed by atoms with Crippen molar-refractivity contribution in [3.63, 3.8) is 0 Å². The molecule has 1 N–H and O–H groups in total. The van der Waals surface area contributed by atoms with Crippen molar-refractivity contribution in [2.75, 3.05) is 0 Å². The zero-order valence-corrected chi connectivity index (χ0v) is 11.5. The average molecular weight is 275 g/mol. The third-order valence-corrected chi connectivity index (χ3v) is 2.92. The number of para-hydroxylation sites is 1. The van der Waals surface area contributed by atoms with Crippen LogP contribution >= 0.6 is 0 Å². The standard InChI is InChI=1S/C13H17N5O2/c1-10(2)17-13(15-9-16-17)8-14-7-11-5-3-4-6-12(11)18(19)20/h3-6,9-10,14H,7-8H2,1-2H3. The third-order valence-electron chi connectivity index (χ3n) is 2.92. The van der Waals surface area contributed by atoms with Crippen LogP contribution in [-0.2, 0) is 13.1 Å². The van der Waals surface area contributed by atoms with Crippen LogP contribution in [0.15, 0.2) is 30.6 Å². The molecule has 7 heteroatoms. The predicted molar refractivity (Wildman–Crippen MR) is 74.0 cm³/mol. The molecule has 0 unspecified atom stereocenters. The summed E-state index contributed by atoms with van der Waals surface area (Å²) < 4.78 is 1.83. The van der Waals surface area contributed by atoms with Gasteiger partial charge in [0.05, 0.1) is 11.5 Å². The fourth-order valence-corrected chi connectivity index (χ4v) is 1.98. The van der Waals surface area contributed by atoms with E-state index in [1.807, 2.05) is 18.5 Å². The quantitative estimate of drug-likeness (QED) is 0.644. The zero-order valence-electron chi connectivity index (χ0n) is 11.5. The van der Waals surface area contributed by atoms with E-state index < -0.39 is 0 Å². The summed E-state index contributed by atoms with van der Waals surface area (Å²) in [5, 5.41) is 18.2. The van der Waals surface area contributed by atoms with Crippen LogP contribution in [0.2, 0.25) is 0 Å². The van der Waals surface area contributed by atoms with E-state index in [4.69, 9.17) is 0 Å². The Labute approximate surface area is 116 Å². The Kier molecular flexibility index (Phi) is 4.41. The molecule has 0 aliphatic heterocycles. The Hall–Kier alpha value is -2.28. The van der Waals surface area contributed by atoms with Crippen molar-refractivity contribution in [2.24, 2.45) is 0 Å². The second kappa shape index (κ2) is 6.25. The van der Waals surface area contributed by atoms with Gasteiger partial charge in [-0.15, -0.1) is 0 Å². The molecule has 0 fully saturated rings. The lowest BCUT2D eigenvalue weighted by atomic mass is 10.2. The van der Waals surface area contributed by atoms with E-state index in [-0.39, 0.29) is 16.7 Å². The summed E-state index contributed by atoms with van der Waals surface area (Å²) in [6, 6.07) is 6.95. The second-order valence-electron chi connectivity index (χ2n) is 4.70. The maximum Gasteiger partial charge on any atom is 0.273 e. The topological polar surface area (TPSA) is 85.9 Å². The molecule has 2 rings (SSSR count). The van der Waals surface area contributed by atoms with Crippen LogP contribution < -0.4 is 5.32 Å². The summed E-state index contributed by atoms with van der Waals surface area (Å²) in [5.74, 6) is 0.818. The highest BCUT2D eigenvalue weighted by Crippen LogP contribution is 2.17. The van der Waals surface area contributed by atoms with Gasteiger partial charge in [-0.05, 0) is 13.8 Å². The molecule has 0 aliphatic rings. The Morgan fingerprint density at radius 1 is 1.35 bits per heavy atom. The molecule has 106 valence electrons. The first-order valence-electron chi connectivity index (χ1n) is 6.41. The SMILES string of the molecule is CC(C)n1ncnc1CNCc1ccccc1[N+](=O)[O-]. The number of benzene rings is 1. The molecule has 20 heavy (non-hydrogen) atoms. The van der Waals surface area contributed by atoms with Crippen molar-refractivity contribution in [2.45, 2.75) is 33.0 Å². The molecule has 0 amide bonds. The summed E-state index contributed by atoms with van der Waals surface area (Å²) in [4.78, 5) is 14.7. The normalized spacial score (nSPS) is 10.9. The van der Waals surface area contributed by atoms with E-state index in [1.165, 1.54) is 12.4 Å². The number of aromatic nitrogens is 3. The van der Waals surface area contributed by atoms with Crippen LogP contribution in [0.25, 0.3) is 0 Å². The minimum Gasteiger partial charge on any atom is -0.305 e. The molecule has 0 radical (unpaired) electrons. The first-order chi connectivity index (χ1) is 9.59. The summed E-state index contributed by atoms with van der Waals surface area (Å²) in [7, 11) is 0. The Morgan fingerprint density at radius 3 is 2.80 bits per heavy atom. The van der Waals surface area contributed by atoms with Crippen molar-refractivity contribution in [3.05, 3.63) is 52.1 Å². The number of hydrogen-bond donors (Lipinski definition) is 1. The van der Waals surface area contributed by atoms with Gasteiger partial charge in [-0.25, -0.2) is 9.67 Å². The maximum absolute atomic E-state index is 10.9. The van der Waals surface area contributed by atoms with Crippen LogP contribution in [0.1, 0.15) is 31.3 Å². The molecular weight excluding hydrogens is 258 g/mol. The van der Waals surface area contributed by atoms with Crippen LogP contribution in [0.4, 0.5) is 5.69 Å². The highest BCUT2D eigenvalue weighted by atomic mass is 16.6. The summed E-state index contributed by atoms with van der Waals surface area (Å²) in [6.45, 7) is 4.99. The van der Waals surface area contributed by atoms with Gasteiger partial charge in [-0.3, -0.25) is 10.1 Å². The molecule has 7 nitrogen and oxygen atoms in total. The lowest BCUT2D eigenvalue weighted by molar-refractivity contribution is -0.385. The molecule has 1 aromatic carbocycles. The Balaban J connectivity index is 2.00. The number of nitrogens with one attached hydrogen (secondary N) is 1. The van der Waals surface area contributed by atoms with E-state index in [0.717, 1.165) is 5.82 Å². The Bertz CT molecular complexity index is 594. The van der Waals surface area contributed by atoms with Crippen molar-refractivity contribution in [1.29, 1.82) is 0 Å². The zero-order chi connectivity index (χ0) is 14.5. The molecule has 1 heterocycles.